The van der Waals surface area contributed by atoms with Crippen LogP contribution in [0.4, 0.5) is 0 Å². The van der Waals surface area contributed by atoms with Crippen molar-refractivity contribution < 1.29 is 18.3 Å². The summed E-state index contributed by atoms with van der Waals surface area (Å²) in [7, 11) is -2.30. The van der Waals surface area contributed by atoms with Crippen LogP contribution in [0.2, 0.25) is 0 Å². The van der Waals surface area contributed by atoms with Gasteiger partial charge < -0.3 is 9.84 Å². The molecular weight excluding hydrogens is 334 g/mol. The summed E-state index contributed by atoms with van der Waals surface area (Å²) in [4.78, 5) is 0.0732. The monoisotopic (exact) mass is 349 g/mol. The standard InChI is InChI=1S/C12H16BrNO4S/c1-18-10-4-3-9(13)7-11(10)19(16,17)14-12(8-15)5-2-6-12/h3-4,7,14-15H,2,5-6,8H2,1H3. The van der Waals surface area contributed by atoms with Crippen LogP contribution < -0.4 is 9.46 Å². The summed E-state index contributed by atoms with van der Waals surface area (Å²) < 4.78 is 33.1. The van der Waals surface area contributed by atoms with E-state index >= 15 is 0 Å². The molecule has 0 spiro atoms. The highest BCUT2D eigenvalue weighted by molar-refractivity contribution is 9.10. The average molecular weight is 350 g/mol. The Balaban J connectivity index is 2.36. The molecule has 2 N–H and O–H groups in total. The van der Waals surface area contributed by atoms with E-state index in [2.05, 4.69) is 20.7 Å². The van der Waals surface area contributed by atoms with Crippen LogP contribution in [-0.4, -0.2) is 32.8 Å². The van der Waals surface area contributed by atoms with Crippen LogP contribution in [0, 0.1) is 0 Å². The highest BCUT2D eigenvalue weighted by Crippen LogP contribution is 2.35. The van der Waals surface area contributed by atoms with Crippen molar-refractivity contribution in [3.8, 4) is 5.75 Å². The lowest BCUT2D eigenvalue weighted by Crippen LogP contribution is -2.55. The first-order chi connectivity index (χ1) is 8.92. The molecule has 5 nitrogen and oxygen atoms in total. The van der Waals surface area contributed by atoms with Crippen LogP contribution in [0.3, 0.4) is 0 Å². The van der Waals surface area contributed by atoms with Crippen LogP contribution in [0.15, 0.2) is 27.6 Å². The fourth-order valence-electron chi connectivity index (χ4n) is 2.10. The lowest BCUT2D eigenvalue weighted by Gasteiger charge is -2.40. The van der Waals surface area contributed by atoms with Crippen molar-refractivity contribution in [1.29, 1.82) is 0 Å². The van der Waals surface area contributed by atoms with Crippen molar-refractivity contribution in [3.63, 3.8) is 0 Å². The molecule has 19 heavy (non-hydrogen) atoms. The summed E-state index contributed by atoms with van der Waals surface area (Å²) in [5.74, 6) is 0.281. The molecule has 0 saturated heterocycles. The Morgan fingerprint density at radius 3 is 2.63 bits per heavy atom. The van der Waals surface area contributed by atoms with Crippen LogP contribution >= 0.6 is 15.9 Å². The Morgan fingerprint density at radius 1 is 1.47 bits per heavy atom. The molecule has 1 saturated carbocycles. The first-order valence-corrected chi connectivity index (χ1v) is 8.18. The molecule has 0 unspecified atom stereocenters. The van der Waals surface area contributed by atoms with Gasteiger partial charge in [0.25, 0.3) is 0 Å². The van der Waals surface area contributed by atoms with Gasteiger partial charge in [0.1, 0.15) is 10.6 Å². The second-order valence-corrected chi connectivity index (χ2v) is 7.26. The molecule has 0 radical (unpaired) electrons. The zero-order valence-corrected chi connectivity index (χ0v) is 12.9. The lowest BCUT2D eigenvalue weighted by atomic mass is 9.78. The highest BCUT2D eigenvalue weighted by Gasteiger charge is 2.40. The number of hydrogen-bond acceptors (Lipinski definition) is 4. The van der Waals surface area contributed by atoms with Gasteiger partial charge in [-0.3, -0.25) is 0 Å². The number of sulfonamides is 1. The average Bonchev–Trinajstić information content (AvgIpc) is 2.34. The minimum Gasteiger partial charge on any atom is -0.495 e. The number of ether oxygens (including phenoxy) is 1. The van der Waals surface area contributed by atoms with Crippen molar-refractivity contribution in [2.45, 2.75) is 29.7 Å². The van der Waals surface area contributed by atoms with E-state index in [1.54, 1.807) is 12.1 Å². The molecule has 0 bridgehead atoms. The van der Waals surface area contributed by atoms with E-state index in [1.807, 2.05) is 0 Å². The number of halogens is 1. The molecule has 7 heteroatoms. The second-order valence-electron chi connectivity index (χ2n) is 4.69. The Labute approximate surface area is 121 Å². The summed E-state index contributed by atoms with van der Waals surface area (Å²) in [6.45, 7) is -0.192. The quantitative estimate of drug-likeness (QED) is 0.847. The van der Waals surface area contributed by atoms with E-state index in [-0.39, 0.29) is 17.3 Å². The number of aliphatic hydroxyl groups excluding tert-OH is 1. The first-order valence-electron chi connectivity index (χ1n) is 5.91. The van der Waals surface area contributed by atoms with Crippen LogP contribution in [0.5, 0.6) is 5.75 Å². The third kappa shape index (κ3) is 2.94. The Kier molecular flexibility index (Phi) is 4.20. The molecule has 1 aliphatic rings. The van der Waals surface area contributed by atoms with Crippen molar-refractivity contribution in [2.75, 3.05) is 13.7 Å². The summed E-state index contributed by atoms with van der Waals surface area (Å²) in [5.41, 5.74) is -0.716. The van der Waals surface area contributed by atoms with Gasteiger partial charge in [0.05, 0.1) is 19.3 Å². The van der Waals surface area contributed by atoms with Gasteiger partial charge in [0.2, 0.25) is 10.0 Å². The molecule has 1 aromatic carbocycles. The van der Waals surface area contributed by atoms with Crippen molar-refractivity contribution in [1.82, 2.24) is 4.72 Å². The number of aliphatic hydroxyl groups is 1. The maximum atomic E-state index is 12.4. The van der Waals surface area contributed by atoms with Gasteiger partial charge in [-0.25, -0.2) is 13.1 Å². The number of benzene rings is 1. The zero-order valence-electron chi connectivity index (χ0n) is 10.5. The summed E-state index contributed by atoms with van der Waals surface area (Å²) in [6, 6.07) is 4.79. The second kappa shape index (κ2) is 5.40. The number of methoxy groups -OCH3 is 1. The third-order valence-electron chi connectivity index (χ3n) is 3.38. The molecule has 1 aromatic rings. The van der Waals surface area contributed by atoms with Gasteiger partial charge in [0, 0.05) is 4.47 Å². The Bertz CT molecular complexity index is 564. The van der Waals surface area contributed by atoms with E-state index in [4.69, 9.17) is 4.74 Å². The molecular formula is C12H16BrNO4S. The maximum absolute atomic E-state index is 12.4. The van der Waals surface area contributed by atoms with Gasteiger partial charge >= 0.3 is 0 Å². The lowest BCUT2D eigenvalue weighted by molar-refractivity contribution is 0.110. The molecule has 0 aliphatic heterocycles. The van der Waals surface area contributed by atoms with E-state index in [0.717, 1.165) is 6.42 Å². The van der Waals surface area contributed by atoms with Gasteiger partial charge in [0.15, 0.2) is 0 Å². The molecule has 1 aliphatic carbocycles. The molecule has 0 heterocycles. The van der Waals surface area contributed by atoms with Gasteiger partial charge in [-0.2, -0.15) is 0 Å². The summed E-state index contributed by atoms with van der Waals surface area (Å²) >= 11 is 3.25. The summed E-state index contributed by atoms with van der Waals surface area (Å²) in [6.07, 6.45) is 2.22. The number of rotatable bonds is 5. The van der Waals surface area contributed by atoms with Crippen LogP contribution in [0.1, 0.15) is 19.3 Å². The molecule has 0 amide bonds. The van der Waals surface area contributed by atoms with Crippen LogP contribution in [0.25, 0.3) is 0 Å². The smallest absolute Gasteiger partial charge is 0.244 e. The predicted molar refractivity (Wildman–Crippen MR) is 74.7 cm³/mol. The SMILES string of the molecule is COc1ccc(Br)cc1S(=O)(=O)NC1(CO)CCC1. The summed E-state index contributed by atoms with van der Waals surface area (Å²) in [5, 5.41) is 9.36. The fourth-order valence-corrected chi connectivity index (χ4v) is 4.26. The number of nitrogens with one attached hydrogen (secondary N) is 1. The van der Waals surface area contributed by atoms with E-state index in [9.17, 15) is 13.5 Å². The van der Waals surface area contributed by atoms with Gasteiger partial charge in [-0.1, -0.05) is 15.9 Å². The van der Waals surface area contributed by atoms with Crippen molar-refractivity contribution >= 4 is 26.0 Å². The molecule has 0 atom stereocenters. The fraction of sp³-hybridized carbons (Fsp3) is 0.500. The minimum absolute atomic E-state index is 0.0732. The van der Waals surface area contributed by atoms with E-state index in [0.29, 0.717) is 17.3 Å². The third-order valence-corrected chi connectivity index (χ3v) is 5.47. The van der Waals surface area contributed by atoms with E-state index in [1.165, 1.54) is 13.2 Å². The minimum atomic E-state index is -3.72. The number of hydrogen-bond donors (Lipinski definition) is 2. The van der Waals surface area contributed by atoms with Crippen LogP contribution in [-0.2, 0) is 10.0 Å². The van der Waals surface area contributed by atoms with E-state index < -0.39 is 15.6 Å². The normalized spacial score (nSPS) is 17.8. The molecule has 1 fully saturated rings. The molecule has 106 valence electrons. The maximum Gasteiger partial charge on any atom is 0.244 e. The van der Waals surface area contributed by atoms with Crippen molar-refractivity contribution in [3.05, 3.63) is 22.7 Å². The first kappa shape index (κ1) is 14.8. The Hall–Kier alpha value is -0.630. The highest BCUT2D eigenvalue weighted by atomic mass is 79.9. The molecule has 0 aromatic heterocycles. The zero-order chi connectivity index (χ0) is 14.1. The topological polar surface area (TPSA) is 75.6 Å². The van der Waals surface area contributed by atoms with Crippen molar-refractivity contribution in [2.24, 2.45) is 0 Å². The van der Waals surface area contributed by atoms with Gasteiger partial charge in [-0.15, -0.1) is 0 Å². The largest absolute Gasteiger partial charge is 0.495 e. The van der Waals surface area contributed by atoms with Gasteiger partial charge in [-0.05, 0) is 37.5 Å². The molecule has 2 rings (SSSR count). The Morgan fingerprint density at radius 2 is 2.16 bits per heavy atom. The predicted octanol–water partition coefficient (Wildman–Crippen LogP) is 1.65.